The molecule has 1 heterocycles. The van der Waals surface area contributed by atoms with E-state index in [2.05, 4.69) is 29.0 Å². The maximum Gasteiger partial charge on any atom is 0.273 e. The van der Waals surface area contributed by atoms with E-state index in [1.54, 1.807) is 12.1 Å². The summed E-state index contributed by atoms with van der Waals surface area (Å²) in [6.45, 7) is 9.35. The van der Waals surface area contributed by atoms with Crippen LogP contribution in [0.4, 0.5) is 4.39 Å². The number of carbonyl (C=O) groups excluding carboxylic acids is 1. The summed E-state index contributed by atoms with van der Waals surface area (Å²) in [5.74, 6) is 0.0400. The quantitative estimate of drug-likeness (QED) is 0.729. The zero-order valence-corrected chi connectivity index (χ0v) is 16.0. The van der Waals surface area contributed by atoms with Crippen molar-refractivity contribution in [3.63, 3.8) is 0 Å². The summed E-state index contributed by atoms with van der Waals surface area (Å²) in [6.07, 6.45) is 3.22. The Bertz CT molecular complexity index is 699. The highest BCUT2D eigenvalue weighted by molar-refractivity contribution is 5.92. The van der Waals surface area contributed by atoms with E-state index in [1.807, 2.05) is 13.8 Å². The Hall–Kier alpha value is -2.21. The maximum atomic E-state index is 13.1. The minimum atomic E-state index is -0.242. The van der Waals surface area contributed by atoms with Crippen molar-refractivity contribution >= 4 is 5.91 Å². The summed E-state index contributed by atoms with van der Waals surface area (Å²) in [6, 6.07) is 6.89. The van der Waals surface area contributed by atoms with Gasteiger partial charge in [0.1, 0.15) is 12.1 Å². The Morgan fingerprint density at radius 1 is 1.19 bits per heavy atom. The third-order valence-electron chi connectivity index (χ3n) is 4.63. The van der Waals surface area contributed by atoms with Gasteiger partial charge in [0.05, 0.1) is 6.54 Å². The molecule has 0 saturated heterocycles. The van der Waals surface area contributed by atoms with Gasteiger partial charge in [0.25, 0.3) is 5.91 Å². The van der Waals surface area contributed by atoms with Gasteiger partial charge in [-0.15, -0.1) is 0 Å². The number of aromatic nitrogens is 1. The second-order valence-corrected chi connectivity index (χ2v) is 6.70. The van der Waals surface area contributed by atoms with Crippen LogP contribution in [0.3, 0.4) is 0 Å². The van der Waals surface area contributed by atoms with Crippen LogP contribution in [-0.2, 0) is 13.1 Å². The average molecular weight is 361 g/mol. The molecule has 1 amide bonds. The molecule has 0 aliphatic rings. The van der Waals surface area contributed by atoms with Gasteiger partial charge in [0, 0.05) is 18.6 Å². The third-order valence-corrected chi connectivity index (χ3v) is 4.63. The molecule has 0 radical (unpaired) electrons. The highest BCUT2D eigenvalue weighted by Gasteiger charge is 2.19. The zero-order chi connectivity index (χ0) is 19.1. The molecule has 2 rings (SSSR count). The molecule has 0 saturated carbocycles. The Balaban J connectivity index is 2.06. The van der Waals surface area contributed by atoms with E-state index in [1.165, 1.54) is 18.4 Å². The molecule has 0 unspecified atom stereocenters. The maximum absolute atomic E-state index is 13.1. The van der Waals surface area contributed by atoms with Crippen LogP contribution in [0.1, 0.15) is 62.5 Å². The lowest BCUT2D eigenvalue weighted by Crippen LogP contribution is -2.33. The number of halogens is 1. The highest BCUT2D eigenvalue weighted by atomic mass is 19.1. The molecule has 26 heavy (non-hydrogen) atoms. The van der Waals surface area contributed by atoms with Crippen LogP contribution in [0, 0.1) is 5.82 Å². The van der Waals surface area contributed by atoms with E-state index in [0.717, 1.165) is 18.4 Å². The van der Waals surface area contributed by atoms with Gasteiger partial charge >= 0.3 is 0 Å². The van der Waals surface area contributed by atoms with E-state index in [0.29, 0.717) is 30.7 Å². The molecule has 1 aromatic carbocycles. The lowest BCUT2D eigenvalue weighted by molar-refractivity contribution is 0.0934. The van der Waals surface area contributed by atoms with Crippen LogP contribution in [0.2, 0.25) is 0 Å². The molecule has 1 aromatic heterocycles. The fourth-order valence-electron chi connectivity index (χ4n) is 2.51. The van der Waals surface area contributed by atoms with E-state index >= 15 is 0 Å². The van der Waals surface area contributed by atoms with Crippen LogP contribution >= 0.6 is 0 Å². The Morgan fingerprint density at radius 3 is 2.50 bits per heavy atom. The first-order chi connectivity index (χ1) is 12.4. The summed E-state index contributed by atoms with van der Waals surface area (Å²) in [4.78, 5) is 18.7. The Morgan fingerprint density at radius 2 is 1.88 bits per heavy atom. The van der Waals surface area contributed by atoms with Gasteiger partial charge in [-0.3, -0.25) is 9.69 Å². The molecule has 0 aliphatic heterocycles. The Labute approximate surface area is 154 Å². The lowest BCUT2D eigenvalue weighted by atomic mass is 10.1. The minimum Gasteiger partial charge on any atom is -0.447 e. The Kier molecular flexibility index (Phi) is 7.33. The standard InChI is InChI=1S/C20H28FN3O2/c1-5-14(3)22-20(25)18-13-26-19(23-18)12-24(15(4)6-2)11-16-7-9-17(21)10-8-16/h7-10,13-15H,5-6,11-12H2,1-4H3,(H,22,25)/t14-,15-/m0/s1. The van der Waals surface area contributed by atoms with Crippen molar-refractivity contribution in [1.29, 1.82) is 0 Å². The monoisotopic (exact) mass is 361 g/mol. The molecule has 5 nitrogen and oxygen atoms in total. The van der Waals surface area contributed by atoms with E-state index in [-0.39, 0.29) is 17.8 Å². The fraction of sp³-hybridized carbons (Fsp3) is 0.500. The first-order valence-electron chi connectivity index (χ1n) is 9.16. The summed E-state index contributed by atoms with van der Waals surface area (Å²) in [5.41, 5.74) is 1.32. The van der Waals surface area contributed by atoms with Crippen molar-refractivity contribution in [3.05, 3.63) is 53.5 Å². The van der Waals surface area contributed by atoms with Crippen molar-refractivity contribution in [1.82, 2.24) is 15.2 Å². The number of benzene rings is 1. The zero-order valence-electron chi connectivity index (χ0n) is 16.0. The van der Waals surface area contributed by atoms with Gasteiger partial charge < -0.3 is 9.73 Å². The van der Waals surface area contributed by atoms with Gasteiger partial charge in [-0.2, -0.15) is 0 Å². The predicted octanol–water partition coefficient (Wildman–Crippen LogP) is 4.14. The first-order valence-corrected chi connectivity index (χ1v) is 9.16. The van der Waals surface area contributed by atoms with Gasteiger partial charge in [-0.1, -0.05) is 26.0 Å². The van der Waals surface area contributed by atoms with Gasteiger partial charge in [0.2, 0.25) is 5.89 Å². The molecule has 0 aliphatic carbocycles. The normalized spacial score (nSPS) is 13.6. The molecule has 0 spiro atoms. The molecular formula is C20H28FN3O2. The average Bonchev–Trinajstić information content (AvgIpc) is 3.10. The second kappa shape index (κ2) is 9.48. The second-order valence-electron chi connectivity index (χ2n) is 6.70. The molecule has 1 N–H and O–H groups in total. The number of nitrogens with one attached hydrogen (secondary N) is 1. The van der Waals surface area contributed by atoms with Gasteiger partial charge in [-0.25, -0.2) is 9.37 Å². The number of nitrogens with zero attached hydrogens (tertiary/aromatic N) is 2. The van der Waals surface area contributed by atoms with E-state index in [4.69, 9.17) is 4.42 Å². The van der Waals surface area contributed by atoms with Crippen molar-refractivity contribution in [2.45, 2.75) is 65.7 Å². The number of hydrogen-bond donors (Lipinski definition) is 1. The van der Waals surface area contributed by atoms with E-state index in [9.17, 15) is 9.18 Å². The molecule has 0 fully saturated rings. The summed E-state index contributed by atoms with van der Waals surface area (Å²) >= 11 is 0. The molecule has 6 heteroatoms. The molecule has 142 valence electrons. The van der Waals surface area contributed by atoms with E-state index < -0.39 is 0 Å². The van der Waals surface area contributed by atoms with Crippen LogP contribution < -0.4 is 5.32 Å². The first kappa shape index (κ1) is 20.1. The van der Waals surface area contributed by atoms with Crippen LogP contribution in [0.15, 0.2) is 34.9 Å². The lowest BCUT2D eigenvalue weighted by Gasteiger charge is -2.27. The SMILES string of the molecule is CC[C@H](C)NC(=O)c1coc(CN(Cc2ccc(F)cc2)[C@@H](C)CC)n1. The number of amides is 1. The van der Waals surface area contributed by atoms with Gasteiger partial charge in [-0.05, 0) is 44.4 Å². The fourth-order valence-corrected chi connectivity index (χ4v) is 2.51. The van der Waals surface area contributed by atoms with Crippen molar-refractivity contribution in [3.8, 4) is 0 Å². The topological polar surface area (TPSA) is 58.4 Å². The third kappa shape index (κ3) is 5.66. The molecule has 0 bridgehead atoms. The summed E-state index contributed by atoms with van der Waals surface area (Å²) < 4.78 is 18.6. The van der Waals surface area contributed by atoms with Crippen molar-refractivity contribution in [2.24, 2.45) is 0 Å². The van der Waals surface area contributed by atoms with Crippen molar-refractivity contribution in [2.75, 3.05) is 0 Å². The van der Waals surface area contributed by atoms with Crippen LogP contribution in [0.5, 0.6) is 0 Å². The smallest absolute Gasteiger partial charge is 0.273 e. The van der Waals surface area contributed by atoms with Crippen molar-refractivity contribution < 1.29 is 13.6 Å². The molecular weight excluding hydrogens is 333 g/mol. The summed E-state index contributed by atoms with van der Waals surface area (Å²) in [5, 5.41) is 2.88. The van der Waals surface area contributed by atoms with Gasteiger partial charge in [0.15, 0.2) is 5.69 Å². The summed E-state index contributed by atoms with van der Waals surface area (Å²) in [7, 11) is 0. The minimum absolute atomic E-state index is 0.0951. The highest BCUT2D eigenvalue weighted by Crippen LogP contribution is 2.16. The number of carbonyl (C=O) groups is 1. The number of rotatable bonds is 9. The largest absolute Gasteiger partial charge is 0.447 e. The van der Waals surface area contributed by atoms with Crippen LogP contribution in [0.25, 0.3) is 0 Å². The number of oxazole rings is 1. The van der Waals surface area contributed by atoms with Crippen LogP contribution in [-0.4, -0.2) is 27.9 Å². The molecule has 2 atom stereocenters. The number of hydrogen-bond acceptors (Lipinski definition) is 4. The molecule has 2 aromatic rings. The predicted molar refractivity (Wildman–Crippen MR) is 99.1 cm³/mol.